The van der Waals surface area contributed by atoms with Gasteiger partial charge in [-0.05, 0) is 37.0 Å². The van der Waals surface area contributed by atoms with Gasteiger partial charge in [-0.25, -0.2) is 8.78 Å². The molecule has 26 heavy (non-hydrogen) atoms. The summed E-state index contributed by atoms with van der Waals surface area (Å²) in [4.78, 5) is 4.17. The van der Waals surface area contributed by atoms with Crippen LogP contribution >= 0.6 is 0 Å². The average molecular weight is 356 g/mol. The summed E-state index contributed by atoms with van der Waals surface area (Å²) < 4.78 is 26.9. The maximum Gasteiger partial charge on any atom is 0.141 e. The second-order valence-electron chi connectivity index (χ2n) is 6.58. The molecule has 1 aliphatic rings. The summed E-state index contributed by atoms with van der Waals surface area (Å²) in [7, 11) is 0. The first kappa shape index (κ1) is 21.5. The second kappa shape index (κ2) is 11.1. The lowest BCUT2D eigenvalue weighted by molar-refractivity contribution is 0.577. The number of allylic oxidation sites excluding steroid dienone is 3. The Morgan fingerprint density at radius 1 is 1.15 bits per heavy atom. The van der Waals surface area contributed by atoms with E-state index in [1.54, 1.807) is 6.08 Å². The minimum atomic E-state index is -0.698. The largest absolute Gasteiger partial charge is 0.299 e. The lowest BCUT2D eigenvalue weighted by atomic mass is 10.1. The molecule has 2 nitrogen and oxygen atoms in total. The van der Waals surface area contributed by atoms with Crippen molar-refractivity contribution in [3.63, 3.8) is 0 Å². The third-order valence-corrected chi connectivity index (χ3v) is 3.11. The lowest BCUT2D eigenvalue weighted by Crippen LogP contribution is -2.03. The number of halogens is 2. The Bertz CT molecular complexity index is 752. The molecule has 0 saturated carbocycles. The van der Waals surface area contributed by atoms with Crippen LogP contribution in [0, 0.1) is 34.8 Å². The van der Waals surface area contributed by atoms with Crippen molar-refractivity contribution in [2.24, 2.45) is 10.9 Å². The van der Waals surface area contributed by atoms with Crippen molar-refractivity contribution in [3.05, 3.63) is 58.8 Å². The fraction of sp³-hybridized carbons (Fsp3) is 0.364. The van der Waals surface area contributed by atoms with Crippen LogP contribution < -0.4 is 0 Å². The van der Waals surface area contributed by atoms with Crippen LogP contribution in [0.3, 0.4) is 0 Å². The zero-order valence-corrected chi connectivity index (χ0v) is 15.9. The van der Waals surface area contributed by atoms with E-state index in [1.807, 2.05) is 6.08 Å². The van der Waals surface area contributed by atoms with Gasteiger partial charge in [0.15, 0.2) is 0 Å². The van der Waals surface area contributed by atoms with E-state index in [9.17, 15) is 8.78 Å². The molecule has 0 amide bonds. The number of aliphatic imine (C=N–C) groups is 1. The van der Waals surface area contributed by atoms with Gasteiger partial charge in [-0.15, -0.1) is 0 Å². The van der Waals surface area contributed by atoms with E-state index in [2.05, 4.69) is 44.5 Å². The van der Waals surface area contributed by atoms with Crippen molar-refractivity contribution >= 4 is 11.9 Å². The predicted molar refractivity (Wildman–Crippen MR) is 106 cm³/mol. The first-order chi connectivity index (χ1) is 12.3. The SMILES string of the molecule is CC(C)C.CCCC/C=C1/N=CC(C#Cc2c(F)cccc2F)=CC1=N. The summed E-state index contributed by atoms with van der Waals surface area (Å²) in [5.41, 5.74) is 1.06. The number of hydrogen-bond acceptors (Lipinski definition) is 2. The molecule has 1 N–H and O–H groups in total. The molecule has 1 heterocycles. The van der Waals surface area contributed by atoms with Gasteiger partial charge in [0, 0.05) is 11.8 Å². The standard InChI is InChI=1S/C18H16F2N2.C4H10/c1-2-3-4-8-18-17(21)11-13(12-22-18)9-10-14-15(19)6-5-7-16(14)20;1-4(2)3/h5-8,11-12,21H,2-4H2,1H3;4H,1-3H3/b18-8+,21-17?;. The van der Waals surface area contributed by atoms with Gasteiger partial charge in [-0.3, -0.25) is 10.4 Å². The number of nitrogens with zero attached hydrogens (tertiary/aromatic N) is 1. The zero-order chi connectivity index (χ0) is 19.5. The molecule has 0 bridgehead atoms. The van der Waals surface area contributed by atoms with Gasteiger partial charge in [0.05, 0.1) is 17.0 Å². The molecule has 0 spiro atoms. The van der Waals surface area contributed by atoms with Crippen molar-refractivity contribution in [2.45, 2.75) is 47.0 Å². The summed E-state index contributed by atoms with van der Waals surface area (Å²) in [6.07, 6.45) is 8.00. The van der Waals surface area contributed by atoms with Crippen molar-refractivity contribution in [2.75, 3.05) is 0 Å². The molecule has 1 aromatic carbocycles. The molecule has 0 unspecified atom stereocenters. The first-order valence-corrected chi connectivity index (χ1v) is 8.86. The Balaban J connectivity index is 0.000000765. The van der Waals surface area contributed by atoms with E-state index >= 15 is 0 Å². The highest BCUT2D eigenvalue weighted by atomic mass is 19.1. The van der Waals surface area contributed by atoms with Gasteiger partial charge < -0.3 is 0 Å². The third-order valence-electron chi connectivity index (χ3n) is 3.11. The van der Waals surface area contributed by atoms with Crippen molar-refractivity contribution < 1.29 is 8.78 Å². The van der Waals surface area contributed by atoms with E-state index < -0.39 is 11.6 Å². The van der Waals surface area contributed by atoms with Crippen molar-refractivity contribution in [1.82, 2.24) is 0 Å². The van der Waals surface area contributed by atoms with Crippen LogP contribution in [0.25, 0.3) is 0 Å². The summed E-state index contributed by atoms with van der Waals surface area (Å²) in [6.45, 7) is 8.60. The lowest BCUT2D eigenvalue weighted by Gasteiger charge is -2.06. The van der Waals surface area contributed by atoms with Crippen molar-refractivity contribution in [1.29, 1.82) is 5.41 Å². The number of benzene rings is 1. The Labute approximate surface area is 155 Å². The van der Waals surface area contributed by atoms with Crippen LogP contribution in [0.5, 0.6) is 0 Å². The molecule has 0 aliphatic carbocycles. The third kappa shape index (κ3) is 7.57. The fourth-order valence-corrected chi connectivity index (χ4v) is 1.90. The molecule has 2 rings (SSSR count). The van der Waals surface area contributed by atoms with Crippen LogP contribution in [0.15, 0.2) is 46.6 Å². The van der Waals surface area contributed by atoms with Gasteiger partial charge in [0.25, 0.3) is 0 Å². The fourth-order valence-electron chi connectivity index (χ4n) is 1.90. The molecule has 0 radical (unpaired) electrons. The van der Waals surface area contributed by atoms with Crippen molar-refractivity contribution in [3.8, 4) is 11.8 Å². The Morgan fingerprint density at radius 3 is 2.31 bits per heavy atom. The number of nitrogens with one attached hydrogen (secondary N) is 1. The van der Waals surface area contributed by atoms with Gasteiger partial charge in [0.2, 0.25) is 0 Å². The van der Waals surface area contributed by atoms with Gasteiger partial charge in [0.1, 0.15) is 11.6 Å². The van der Waals surface area contributed by atoms with Crippen LogP contribution in [-0.4, -0.2) is 11.9 Å². The van der Waals surface area contributed by atoms with E-state index in [0.29, 0.717) is 11.3 Å². The van der Waals surface area contributed by atoms with Crippen LogP contribution in [0.1, 0.15) is 52.5 Å². The number of dihydropyridines is 1. The predicted octanol–water partition coefficient (Wildman–Crippen LogP) is 6.08. The summed E-state index contributed by atoms with van der Waals surface area (Å²) in [6, 6.07) is 3.61. The van der Waals surface area contributed by atoms with Gasteiger partial charge >= 0.3 is 0 Å². The molecule has 0 fully saturated rings. The number of hydrogen-bond donors (Lipinski definition) is 1. The smallest absolute Gasteiger partial charge is 0.141 e. The number of rotatable bonds is 3. The Kier molecular flexibility index (Phi) is 9.22. The molecular weight excluding hydrogens is 330 g/mol. The van der Waals surface area contributed by atoms with E-state index in [4.69, 9.17) is 5.41 Å². The number of unbranched alkanes of at least 4 members (excludes halogenated alkanes) is 2. The molecule has 0 aromatic heterocycles. The van der Waals surface area contributed by atoms with Crippen LogP contribution in [0.4, 0.5) is 8.78 Å². The second-order valence-corrected chi connectivity index (χ2v) is 6.58. The Morgan fingerprint density at radius 2 is 1.77 bits per heavy atom. The minimum Gasteiger partial charge on any atom is -0.299 e. The molecule has 1 aromatic rings. The topological polar surface area (TPSA) is 36.2 Å². The van der Waals surface area contributed by atoms with Crippen LogP contribution in [-0.2, 0) is 0 Å². The highest BCUT2D eigenvalue weighted by Crippen LogP contribution is 2.13. The van der Waals surface area contributed by atoms with Crippen LogP contribution in [0.2, 0.25) is 0 Å². The van der Waals surface area contributed by atoms with Gasteiger partial charge in [-0.1, -0.05) is 58.1 Å². The van der Waals surface area contributed by atoms with E-state index in [0.717, 1.165) is 37.3 Å². The highest BCUT2D eigenvalue weighted by molar-refractivity contribution is 6.13. The molecule has 0 atom stereocenters. The summed E-state index contributed by atoms with van der Waals surface area (Å²) in [5, 5.41) is 7.91. The normalized spacial score (nSPS) is 14.5. The maximum absolute atomic E-state index is 13.5. The maximum atomic E-state index is 13.5. The quantitative estimate of drug-likeness (QED) is 0.503. The summed E-state index contributed by atoms with van der Waals surface area (Å²) in [5.74, 6) is 4.55. The molecule has 138 valence electrons. The van der Waals surface area contributed by atoms with E-state index in [1.165, 1.54) is 12.3 Å². The highest BCUT2D eigenvalue weighted by Gasteiger charge is 2.08. The average Bonchev–Trinajstić information content (AvgIpc) is 2.56. The first-order valence-electron chi connectivity index (χ1n) is 8.86. The molecule has 1 aliphatic heterocycles. The van der Waals surface area contributed by atoms with E-state index in [-0.39, 0.29) is 11.3 Å². The molecule has 0 saturated heterocycles. The Hall–Kier alpha value is -2.54. The monoisotopic (exact) mass is 356 g/mol. The zero-order valence-electron chi connectivity index (χ0n) is 15.9. The summed E-state index contributed by atoms with van der Waals surface area (Å²) >= 11 is 0. The van der Waals surface area contributed by atoms with Gasteiger partial charge in [-0.2, -0.15) is 0 Å². The molecular formula is C22H26F2N2. The minimum absolute atomic E-state index is 0.261. The molecule has 4 heteroatoms.